The van der Waals surface area contributed by atoms with Crippen molar-refractivity contribution >= 4 is 11.9 Å². The molecular weight excluding hydrogens is 420 g/mol. The number of nitrogens with one attached hydrogen (secondary N) is 1. The van der Waals surface area contributed by atoms with Crippen molar-refractivity contribution in [3.05, 3.63) is 89.8 Å². The van der Waals surface area contributed by atoms with Gasteiger partial charge in [0.05, 0.1) is 35.9 Å². The first-order chi connectivity index (χ1) is 16.0. The first-order valence-electron chi connectivity index (χ1n) is 10.6. The van der Waals surface area contributed by atoms with Crippen molar-refractivity contribution < 1.29 is 14.3 Å². The van der Waals surface area contributed by atoms with Crippen molar-refractivity contribution in [2.45, 2.75) is 26.8 Å². The van der Waals surface area contributed by atoms with Crippen LogP contribution in [0.25, 0.3) is 11.4 Å². The summed E-state index contributed by atoms with van der Waals surface area (Å²) in [6, 6.07) is 14.6. The number of hydrogen-bond acceptors (Lipinski definition) is 6. The van der Waals surface area contributed by atoms with E-state index in [0.29, 0.717) is 23.4 Å². The van der Waals surface area contributed by atoms with Crippen LogP contribution in [0.5, 0.6) is 0 Å². The number of benzene rings is 2. The molecule has 2 heterocycles. The van der Waals surface area contributed by atoms with Gasteiger partial charge in [0.25, 0.3) is 5.91 Å². The van der Waals surface area contributed by atoms with E-state index < -0.39 is 5.97 Å². The second-order valence-electron chi connectivity index (χ2n) is 7.45. The zero-order chi connectivity index (χ0) is 23.4. The van der Waals surface area contributed by atoms with Gasteiger partial charge < -0.3 is 10.1 Å². The Balaban J connectivity index is 1.43. The van der Waals surface area contributed by atoms with Gasteiger partial charge in [-0.25, -0.2) is 19.1 Å². The molecule has 0 spiro atoms. The van der Waals surface area contributed by atoms with Gasteiger partial charge in [-0.2, -0.15) is 10.2 Å². The largest absolute Gasteiger partial charge is 0.462 e. The summed E-state index contributed by atoms with van der Waals surface area (Å²) < 4.78 is 8.37. The molecule has 1 N–H and O–H groups in total. The minimum atomic E-state index is -0.402. The summed E-state index contributed by atoms with van der Waals surface area (Å²) >= 11 is 0. The quantitative estimate of drug-likeness (QED) is 0.438. The van der Waals surface area contributed by atoms with Gasteiger partial charge in [0.2, 0.25) is 0 Å². The van der Waals surface area contributed by atoms with E-state index in [9.17, 15) is 9.59 Å². The van der Waals surface area contributed by atoms with Crippen LogP contribution in [-0.4, -0.2) is 43.0 Å². The van der Waals surface area contributed by atoms with Crippen LogP contribution in [-0.2, 0) is 4.74 Å². The van der Waals surface area contributed by atoms with Crippen LogP contribution in [0.2, 0.25) is 0 Å². The highest BCUT2D eigenvalue weighted by Crippen LogP contribution is 2.18. The number of ether oxygens (including phenoxy) is 1. The Labute approximate surface area is 191 Å². The predicted octanol–water partition coefficient (Wildman–Crippen LogP) is 3.43. The highest BCUT2D eigenvalue weighted by molar-refractivity contribution is 5.94. The van der Waals surface area contributed by atoms with E-state index >= 15 is 0 Å². The summed E-state index contributed by atoms with van der Waals surface area (Å²) in [5.74, 6) is -0.584. The fraction of sp³-hybridized carbons (Fsp3) is 0.208. The molecule has 2 aromatic carbocycles. The van der Waals surface area contributed by atoms with Gasteiger partial charge in [0, 0.05) is 5.56 Å². The van der Waals surface area contributed by atoms with Gasteiger partial charge in [-0.3, -0.25) is 4.79 Å². The molecule has 0 aliphatic heterocycles. The van der Waals surface area contributed by atoms with Crippen molar-refractivity contribution in [2.24, 2.45) is 0 Å². The molecule has 0 aliphatic rings. The van der Waals surface area contributed by atoms with Crippen molar-refractivity contribution in [1.82, 2.24) is 29.9 Å². The number of amides is 1. The van der Waals surface area contributed by atoms with Crippen LogP contribution in [0.15, 0.2) is 67.4 Å². The first kappa shape index (κ1) is 21.9. The SMILES string of the molecule is CCOC(=O)c1cnn(-c2ccc(C(=O)NC(C)c3ccc(-n4cncn4)cc3)cc2)c1C. The standard InChI is InChI=1S/C24H24N6O3/c1-4-33-24(32)22-13-26-30(17(22)3)21-11-7-19(8-12-21)23(31)28-16(2)18-5-9-20(10-6-18)29-15-25-14-27-29/h5-16H,4H2,1-3H3,(H,28,31). The van der Waals surface area contributed by atoms with Crippen LogP contribution in [0.3, 0.4) is 0 Å². The smallest absolute Gasteiger partial charge is 0.341 e. The molecule has 9 nitrogen and oxygen atoms in total. The van der Waals surface area contributed by atoms with Gasteiger partial charge >= 0.3 is 5.97 Å². The average Bonchev–Trinajstić information content (AvgIpc) is 3.49. The third-order valence-electron chi connectivity index (χ3n) is 5.30. The summed E-state index contributed by atoms with van der Waals surface area (Å²) in [6.07, 6.45) is 4.60. The highest BCUT2D eigenvalue weighted by atomic mass is 16.5. The van der Waals surface area contributed by atoms with Crippen LogP contribution in [0.4, 0.5) is 0 Å². The van der Waals surface area contributed by atoms with Crippen molar-refractivity contribution in [2.75, 3.05) is 6.61 Å². The molecule has 1 unspecified atom stereocenters. The third-order valence-corrected chi connectivity index (χ3v) is 5.30. The molecule has 1 atom stereocenters. The Morgan fingerprint density at radius 2 is 1.73 bits per heavy atom. The maximum atomic E-state index is 12.7. The van der Waals surface area contributed by atoms with E-state index in [1.165, 1.54) is 12.5 Å². The van der Waals surface area contributed by atoms with E-state index in [2.05, 4.69) is 20.5 Å². The maximum Gasteiger partial charge on any atom is 0.341 e. The Bertz CT molecular complexity index is 1240. The van der Waals surface area contributed by atoms with E-state index in [1.807, 2.05) is 31.2 Å². The van der Waals surface area contributed by atoms with E-state index in [4.69, 9.17) is 4.74 Å². The monoisotopic (exact) mass is 444 g/mol. The topological polar surface area (TPSA) is 104 Å². The lowest BCUT2D eigenvalue weighted by Gasteiger charge is -2.15. The fourth-order valence-electron chi connectivity index (χ4n) is 3.45. The molecule has 0 saturated carbocycles. The molecule has 0 fully saturated rings. The molecule has 0 bridgehead atoms. The Kier molecular flexibility index (Phi) is 6.30. The summed E-state index contributed by atoms with van der Waals surface area (Å²) in [6.45, 7) is 5.80. The van der Waals surface area contributed by atoms with Gasteiger partial charge in [-0.05, 0) is 62.7 Å². The lowest BCUT2D eigenvalue weighted by atomic mass is 10.1. The minimum absolute atomic E-state index is 0.178. The summed E-state index contributed by atoms with van der Waals surface area (Å²) in [5.41, 5.74) is 4.24. The minimum Gasteiger partial charge on any atom is -0.462 e. The molecule has 33 heavy (non-hydrogen) atoms. The molecule has 9 heteroatoms. The van der Waals surface area contributed by atoms with E-state index in [-0.39, 0.29) is 11.9 Å². The highest BCUT2D eigenvalue weighted by Gasteiger charge is 2.17. The average molecular weight is 444 g/mol. The van der Waals surface area contributed by atoms with E-state index in [0.717, 1.165) is 16.9 Å². The molecule has 4 rings (SSSR count). The molecule has 0 radical (unpaired) electrons. The van der Waals surface area contributed by atoms with Crippen molar-refractivity contribution in [3.63, 3.8) is 0 Å². The number of nitrogens with zero attached hydrogens (tertiary/aromatic N) is 5. The fourth-order valence-corrected chi connectivity index (χ4v) is 3.45. The van der Waals surface area contributed by atoms with Gasteiger partial charge in [0.15, 0.2) is 0 Å². The number of esters is 1. The normalized spacial score (nSPS) is 11.7. The van der Waals surface area contributed by atoms with Crippen LogP contribution in [0.1, 0.15) is 51.9 Å². The van der Waals surface area contributed by atoms with Crippen LogP contribution >= 0.6 is 0 Å². The lowest BCUT2D eigenvalue weighted by Crippen LogP contribution is -2.26. The molecule has 4 aromatic rings. The number of carbonyl (C=O) groups excluding carboxylic acids is 2. The van der Waals surface area contributed by atoms with Gasteiger partial charge in [-0.15, -0.1) is 0 Å². The summed E-state index contributed by atoms with van der Waals surface area (Å²) in [5, 5.41) is 11.4. The third kappa shape index (κ3) is 4.67. The lowest BCUT2D eigenvalue weighted by molar-refractivity contribution is 0.0525. The summed E-state index contributed by atoms with van der Waals surface area (Å²) in [7, 11) is 0. The molecule has 168 valence electrons. The summed E-state index contributed by atoms with van der Waals surface area (Å²) in [4.78, 5) is 28.7. The van der Waals surface area contributed by atoms with Gasteiger partial charge in [-0.1, -0.05) is 12.1 Å². The molecule has 0 saturated heterocycles. The molecule has 0 aliphatic carbocycles. The zero-order valence-electron chi connectivity index (χ0n) is 18.6. The van der Waals surface area contributed by atoms with Crippen LogP contribution < -0.4 is 5.32 Å². The van der Waals surface area contributed by atoms with Crippen LogP contribution in [0, 0.1) is 6.92 Å². The second kappa shape index (κ2) is 9.47. The number of aromatic nitrogens is 5. The second-order valence-corrected chi connectivity index (χ2v) is 7.45. The van der Waals surface area contributed by atoms with Crippen molar-refractivity contribution in [1.29, 1.82) is 0 Å². The Hall–Kier alpha value is -4.27. The maximum absolute atomic E-state index is 12.7. The zero-order valence-corrected chi connectivity index (χ0v) is 18.6. The number of carbonyl (C=O) groups is 2. The Morgan fingerprint density at radius 1 is 1.03 bits per heavy atom. The molecule has 1 amide bonds. The van der Waals surface area contributed by atoms with Crippen molar-refractivity contribution in [3.8, 4) is 11.4 Å². The predicted molar refractivity (Wildman–Crippen MR) is 121 cm³/mol. The van der Waals surface area contributed by atoms with Gasteiger partial charge in [0.1, 0.15) is 18.2 Å². The first-order valence-corrected chi connectivity index (χ1v) is 10.6. The number of rotatable bonds is 7. The number of hydrogen-bond donors (Lipinski definition) is 1. The van der Waals surface area contributed by atoms with E-state index in [1.54, 1.807) is 53.8 Å². The Morgan fingerprint density at radius 3 is 2.36 bits per heavy atom. The molecule has 2 aromatic heterocycles. The molecular formula is C24H24N6O3.